The van der Waals surface area contributed by atoms with E-state index in [1.807, 2.05) is 0 Å². The number of hydrogen-bond donors (Lipinski definition) is 0. The minimum Gasteiger partial charge on any atom is -0.338 e. The summed E-state index contributed by atoms with van der Waals surface area (Å²) in [6, 6.07) is 12.7. The van der Waals surface area contributed by atoms with Crippen LogP contribution in [0.15, 0.2) is 47.0 Å². The largest absolute Gasteiger partial charge is 0.433 e. The van der Waals surface area contributed by atoms with Crippen LogP contribution in [0.25, 0.3) is 0 Å². The molecule has 1 aliphatic heterocycles. The van der Waals surface area contributed by atoms with Crippen molar-refractivity contribution in [2.24, 2.45) is 0 Å². The number of rotatable bonds is 5. The second-order valence-electron chi connectivity index (χ2n) is 8.96. The number of hydrogen-bond acceptors (Lipinski definition) is 5. The summed E-state index contributed by atoms with van der Waals surface area (Å²) < 4.78 is 44.4. The molecule has 2 aromatic heterocycles. The summed E-state index contributed by atoms with van der Waals surface area (Å²) in [5.41, 5.74) is 2.02. The number of piperidine rings is 1. The van der Waals surface area contributed by atoms with E-state index in [2.05, 4.69) is 46.2 Å². The molecule has 5 rings (SSSR count). The molecule has 32 heavy (non-hydrogen) atoms. The van der Waals surface area contributed by atoms with Gasteiger partial charge in [-0.25, -0.2) is 4.98 Å². The van der Waals surface area contributed by atoms with Crippen molar-refractivity contribution < 1.29 is 17.7 Å². The molecule has 0 bridgehead atoms. The topological polar surface area (TPSA) is 55.1 Å². The first-order valence-corrected chi connectivity index (χ1v) is 11.0. The highest BCUT2D eigenvalue weighted by molar-refractivity contribution is 5.40. The zero-order valence-corrected chi connectivity index (χ0v) is 17.9. The molecule has 2 fully saturated rings. The van der Waals surface area contributed by atoms with Gasteiger partial charge in [0, 0.05) is 11.6 Å². The van der Waals surface area contributed by atoms with Gasteiger partial charge in [-0.15, -0.1) is 0 Å². The average molecular weight is 442 g/mol. The Morgan fingerprint density at radius 2 is 1.75 bits per heavy atom. The number of pyridine rings is 1. The van der Waals surface area contributed by atoms with Gasteiger partial charge in [-0.2, -0.15) is 18.2 Å². The zero-order chi connectivity index (χ0) is 22.3. The van der Waals surface area contributed by atoms with E-state index in [9.17, 15) is 13.2 Å². The first-order chi connectivity index (χ1) is 15.3. The van der Waals surface area contributed by atoms with Crippen molar-refractivity contribution in [3.63, 3.8) is 0 Å². The zero-order valence-electron chi connectivity index (χ0n) is 17.9. The lowest BCUT2D eigenvalue weighted by molar-refractivity contribution is -0.141. The van der Waals surface area contributed by atoms with Gasteiger partial charge in [0.1, 0.15) is 5.69 Å². The van der Waals surface area contributed by atoms with Gasteiger partial charge in [-0.1, -0.05) is 41.1 Å². The van der Waals surface area contributed by atoms with Gasteiger partial charge in [-0.3, -0.25) is 4.90 Å². The fourth-order valence-electron chi connectivity index (χ4n) is 4.57. The Morgan fingerprint density at radius 3 is 2.41 bits per heavy atom. The first-order valence-electron chi connectivity index (χ1n) is 11.0. The van der Waals surface area contributed by atoms with Crippen molar-refractivity contribution in [1.82, 2.24) is 20.0 Å². The molecule has 2 aliphatic rings. The molecule has 1 saturated carbocycles. The number of aryl methyl sites for hydroxylation is 1. The lowest BCUT2D eigenvalue weighted by Crippen LogP contribution is -2.33. The van der Waals surface area contributed by atoms with E-state index >= 15 is 0 Å². The molecule has 1 aromatic carbocycles. The molecule has 1 saturated heterocycles. The van der Waals surface area contributed by atoms with Crippen LogP contribution in [-0.2, 0) is 18.1 Å². The Kier molecular flexibility index (Phi) is 5.28. The lowest BCUT2D eigenvalue weighted by Gasteiger charge is -2.30. The van der Waals surface area contributed by atoms with Crippen molar-refractivity contribution in [2.45, 2.75) is 56.7 Å². The normalized spacial score (nSPS) is 19.2. The highest BCUT2D eigenvalue weighted by atomic mass is 19.4. The standard InChI is InChI=1S/C24H25F3N4O/c1-16-5-7-18(8-6-16)23(11-12-23)22-29-21(32-30-22)15-31-13-9-17(10-14-31)19-3-2-4-20(28-19)24(25,26)27/h2-8,17H,9-15H2,1H3. The highest BCUT2D eigenvalue weighted by Gasteiger charge is 2.50. The number of alkyl halides is 3. The van der Waals surface area contributed by atoms with Crippen LogP contribution in [0.4, 0.5) is 13.2 Å². The SMILES string of the molecule is Cc1ccc(C2(c3noc(CN4CCC(c5cccc(C(F)(F)F)n5)CC4)n3)CC2)cc1. The van der Waals surface area contributed by atoms with Crippen LogP contribution in [0.1, 0.15) is 65.8 Å². The molecule has 3 heterocycles. The molecule has 168 valence electrons. The Labute approximate surface area is 184 Å². The van der Waals surface area contributed by atoms with Gasteiger partial charge in [0.2, 0.25) is 5.89 Å². The molecular formula is C24H25F3N4O. The van der Waals surface area contributed by atoms with E-state index in [0.29, 0.717) is 18.1 Å². The number of benzene rings is 1. The predicted molar refractivity (Wildman–Crippen MR) is 112 cm³/mol. The predicted octanol–water partition coefficient (Wildman–Crippen LogP) is 5.25. The van der Waals surface area contributed by atoms with E-state index in [1.54, 1.807) is 6.07 Å². The third-order valence-corrected chi connectivity index (χ3v) is 6.68. The Morgan fingerprint density at radius 1 is 1.03 bits per heavy atom. The molecule has 8 heteroatoms. The molecule has 0 radical (unpaired) electrons. The van der Waals surface area contributed by atoms with Crippen molar-refractivity contribution in [3.05, 3.63) is 76.7 Å². The van der Waals surface area contributed by atoms with Gasteiger partial charge in [-0.05, 0) is 63.4 Å². The minimum absolute atomic E-state index is 0.0306. The number of nitrogens with zero attached hydrogens (tertiary/aromatic N) is 4. The maximum absolute atomic E-state index is 13.0. The molecule has 0 spiro atoms. The van der Waals surface area contributed by atoms with Crippen LogP contribution in [-0.4, -0.2) is 33.1 Å². The highest BCUT2D eigenvalue weighted by Crippen LogP contribution is 2.52. The summed E-state index contributed by atoms with van der Waals surface area (Å²) in [5.74, 6) is 1.37. The maximum atomic E-state index is 13.0. The van der Waals surface area contributed by atoms with E-state index in [-0.39, 0.29) is 11.3 Å². The number of halogens is 3. The van der Waals surface area contributed by atoms with Crippen LogP contribution < -0.4 is 0 Å². The quantitative estimate of drug-likeness (QED) is 0.540. The molecule has 1 aliphatic carbocycles. The van der Waals surface area contributed by atoms with Crippen LogP contribution in [0.5, 0.6) is 0 Å². The van der Waals surface area contributed by atoms with Gasteiger partial charge in [0.15, 0.2) is 5.82 Å². The van der Waals surface area contributed by atoms with E-state index in [1.165, 1.54) is 17.2 Å². The summed E-state index contributed by atoms with van der Waals surface area (Å²) in [5, 5.41) is 4.28. The third-order valence-electron chi connectivity index (χ3n) is 6.68. The van der Waals surface area contributed by atoms with Gasteiger partial charge >= 0.3 is 6.18 Å². The third kappa shape index (κ3) is 4.16. The van der Waals surface area contributed by atoms with E-state index < -0.39 is 11.9 Å². The summed E-state index contributed by atoms with van der Waals surface area (Å²) >= 11 is 0. The summed E-state index contributed by atoms with van der Waals surface area (Å²) in [4.78, 5) is 10.8. The second-order valence-corrected chi connectivity index (χ2v) is 8.96. The lowest BCUT2D eigenvalue weighted by atomic mass is 9.93. The van der Waals surface area contributed by atoms with Crippen molar-refractivity contribution in [1.29, 1.82) is 0 Å². The van der Waals surface area contributed by atoms with Crippen molar-refractivity contribution >= 4 is 0 Å². The fraction of sp³-hybridized carbons (Fsp3) is 0.458. The second kappa shape index (κ2) is 7.99. The Balaban J connectivity index is 1.21. The summed E-state index contributed by atoms with van der Waals surface area (Å²) in [6.45, 7) is 4.13. The Hall–Kier alpha value is -2.74. The summed E-state index contributed by atoms with van der Waals surface area (Å²) in [7, 11) is 0. The van der Waals surface area contributed by atoms with Crippen molar-refractivity contribution in [3.8, 4) is 0 Å². The van der Waals surface area contributed by atoms with Crippen LogP contribution in [0, 0.1) is 6.92 Å². The summed E-state index contributed by atoms with van der Waals surface area (Å²) in [6.07, 6.45) is -0.871. The van der Waals surface area contributed by atoms with Gasteiger partial charge in [0.05, 0.1) is 12.0 Å². The molecule has 3 aromatic rings. The van der Waals surface area contributed by atoms with E-state index in [0.717, 1.165) is 50.7 Å². The number of likely N-dealkylation sites (tertiary alicyclic amines) is 1. The molecule has 0 unspecified atom stereocenters. The minimum atomic E-state index is -4.41. The fourth-order valence-corrected chi connectivity index (χ4v) is 4.57. The van der Waals surface area contributed by atoms with Crippen molar-refractivity contribution in [2.75, 3.05) is 13.1 Å². The molecule has 0 atom stereocenters. The molecule has 0 N–H and O–H groups in total. The van der Waals surface area contributed by atoms with Crippen LogP contribution >= 0.6 is 0 Å². The monoisotopic (exact) mass is 442 g/mol. The molecular weight excluding hydrogens is 417 g/mol. The smallest absolute Gasteiger partial charge is 0.338 e. The van der Waals surface area contributed by atoms with Gasteiger partial charge in [0.25, 0.3) is 0 Å². The molecule has 0 amide bonds. The van der Waals surface area contributed by atoms with Crippen LogP contribution in [0.2, 0.25) is 0 Å². The first kappa shape index (κ1) is 21.1. The van der Waals surface area contributed by atoms with Gasteiger partial charge < -0.3 is 4.52 Å². The van der Waals surface area contributed by atoms with E-state index in [4.69, 9.17) is 9.51 Å². The van der Waals surface area contributed by atoms with Crippen LogP contribution in [0.3, 0.4) is 0 Å². The average Bonchev–Trinajstić information content (AvgIpc) is 3.46. The maximum Gasteiger partial charge on any atom is 0.433 e. The molecule has 5 nitrogen and oxygen atoms in total. The number of aromatic nitrogens is 3. The Bertz CT molecular complexity index is 1080.